The Bertz CT molecular complexity index is 959. The number of hydrogen-bond acceptors (Lipinski definition) is 5. The number of halogens is 1. The van der Waals surface area contributed by atoms with E-state index in [1.165, 1.54) is 25.1 Å². The van der Waals surface area contributed by atoms with Gasteiger partial charge in [0, 0.05) is 16.8 Å². The Morgan fingerprint density at radius 2 is 1.88 bits per heavy atom. The molecule has 0 bridgehead atoms. The van der Waals surface area contributed by atoms with Crippen molar-refractivity contribution in [2.45, 2.75) is 13.0 Å². The molecule has 2 aromatic carbocycles. The van der Waals surface area contributed by atoms with Gasteiger partial charge in [0.1, 0.15) is 11.6 Å². The van der Waals surface area contributed by atoms with Crippen LogP contribution >= 0.6 is 11.6 Å². The van der Waals surface area contributed by atoms with Crippen molar-refractivity contribution in [3.05, 3.63) is 68.7 Å². The van der Waals surface area contributed by atoms with Crippen molar-refractivity contribution in [2.24, 2.45) is 0 Å². The predicted octanol–water partition coefficient (Wildman–Crippen LogP) is 2.87. The third-order valence-corrected chi connectivity index (χ3v) is 4.22. The van der Waals surface area contributed by atoms with Crippen LogP contribution in [0.15, 0.2) is 42.5 Å². The van der Waals surface area contributed by atoms with Crippen LogP contribution in [0.3, 0.4) is 0 Å². The molecule has 0 saturated heterocycles. The van der Waals surface area contributed by atoms with Crippen molar-refractivity contribution >= 4 is 40.7 Å². The molecule has 2 aromatic rings. The van der Waals surface area contributed by atoms with Crippen LogP contribution in [0.5, 0.6) is 0 Å². The highest BCUT2D eigenvalue weighted by molar-refractivity contribution is 6.31. The quantitative estimate of drug-likeness (QED) is 0.503. The van der Waals surface area contributed by atoms with Crippen molar-refractivity contribution in [3.63, 3.8) is 0 Å². The van der Waals surface area contributed by atoms with Gasteiger partial charge in [0.2, 0.25) is 5.91 Å². The van der Waals surface area contributed by atoms with Crippen LogP contribution in [0, 0.1) is 10.1 Å². The molecule has 0 aliphatic carbocycles. The lowest BCUT2D eigenvalue weighted by Gasteiger charge is -2.21. The molecule has 0 saturated carbocycles. The van der Waals surface area contributed by atoms with E-state index >= 15 is 0 Å². The number of imide groups is 1. The largest absolute Gasteiger partial charge is 0.324 e. The molecular weight excluding hydrogens is 362 g/mol. The Morgan fingerprint density at radius 3 is 2.54 bits per heavy atom. The van der Waals surface area contributed by atoms with Gasteiger partial charge in [-0.05, 0) is 31.2 Å². The number of nitro benzene ring substituents is 1. The minimum Gasteiger partial charge on any atom is -0.324 e. The van der Waals surface area contributed by atoms with Crippen LogP contribution in [0.1, 0.15) is 27.6 Å². The van der Waals surface area contributed by atoms with Gasteiger partial charge in [-0.15, -0.1) is 0 Å². The molecule has 0 spiro atoms. The highest BCUT2D eigenvalue weighted by Gasteiger charge is 2.44. The molecule has 1 N–H and O–H groups in total. The van der Waals surface area contributed by atoms with Crippen molar-refractivity contribution in [2.75, 3.05) is 5.32 Å². The van der Waals surface area contributed by atoms with Crippen molar-refractivity contribution < 1.29 is 19.3 Å². The van der Waals surface area contributed by atoms with Gasteiger partial charge in [-0.1, -0.05) is 23.7 Å². The number of nitrogens with one attached hydrogen (secondary N) is 1. The first-order chi connectivity index (χ1) is 12.3. The molecule has 26 heavy (non-hydrogen) atoms. The fraction of sp³-hybridized carbons (Fsp3) is 0.118. The van der Waals surface area contributed by atoms with Crippen molar-refractivity contribution in [1.82, 2.24) is 4.90 Å². The number of carbonyl (C=O) groups excluding carboxylic acids is 3. The standard InChI is InChI=1S/C17H12ClN3O5/c1-9(15(22)19-11-5-2-4-10(18)8-11)20-16(23)12-6-3-7-13(21(25)26)14(12)17(20)24/h2-9H,1H3,(H,19,22)/t9-/m1/s1. The normalized spacial score (nSPS) is 14.2. The Labute approximate surface area is 152 Å². The monoisotopic (exact) mass is 373 g/mol. The van der Waals surface area contributed by atoms with Crippen molar-refractivity contribution in [3.8, 4) is 0 Å². The van der Waals surface area contributed by atoms with E-state index < -0.39 is 34.4 Å². The van der Waals surface area contributed by atoms with E-state index in [0.29, 0.717) is 10.7 Å². The first kappa shape index (κ1) is 17.6. The summed E-state index contributed by atoms with van der Waals surface area (Å²) in [6.07, 6.45) is 0. The number of fused-ring (bicyclic) bond motifs is 1. The van der Waals surface area contributed by atoms with Crippen LogP contribution in [-0.4, -0.2) is 33.6 Å². The molecule has 0 radical (unpaired) electrons. The molecule has 9 heteroatoms. The number of hydrogen-bond donors (Lipinski definition) is 1. The number of amides is 3. The SMILES string of the molecule is C[C@H](C(=O)Nc1cccc(Cl)c1)N1C(=O)c2cccc([N+](=O)[O-])c2C1=O. The van der Waals surface area contributed by atoms with Gasteiger partial charge in [-0.2, -0.15) is 0 Å². The van der Waals surface area contributed by atoms with Gasteiger partial charge < -0.3 is 5.32 Å². The molecule has 0 unspecified atom stereocenters. The van der Waals surface area contributed by atoms with Gasteiger partial charge in [-0.3, -0.25) is 29.4 Å². The Kier molecular flexibility index (Phi) is 4.43. The molecule has 132 valence electrons. The average molecular weight is 374 g/mol. The van der Waals surface area contributed by atoms with E-state index in [1.54, 1.807) is 18.2 Å². The topological polar surface area (TPSA) is 110 Å². The Hall–Kier alpha value is -3.26. The summed E-state index contributed by atoms with van der Waals surface area (Å²) in [6.45, 7) is 1.37. The maximum atomic E-state index is 12.6. The van der Waals surface area contributed by atoms with Gasteiger partial charge in [0.05, 0.1) is 10.5 Å². The summed E-state index contributed by atoms with van der Waals surface area (Å²) in [5, 5.41) is 14.1. The van der Waals surface area contributed by atoms with E-state index in [9.17, 15) is 24.5 Å². The van der Waals surface area contributed by atoms with Crippen LogP contribution in [0.2, 0.25) is 5.02 Å². The minimum absolute atomic E-state index is 0.0911. The number of nitrogens with zero attached hydrogens (tertiary/aromatic N) is 2. The third-order valence-electron chi connectivity index (χ3n) is 3.98. The zero-order chi connectivity index (χ0) is 19.0. The fourth-order valence-corrected chi connectivity index (χ4v) is 2.91. The summed E-state index contributed by atoms with van der Waals surface area (Å²) in [5.41, 5.74) is -0.459. The number of rotatable bonds is 4. The Morgan fingerprint density at radius 1 is 1.19 bits per heavy atom. The average Bonchev–Trinajstić information content (AvgIpc) is 2.85. The first-order valence-electron chi connectivity index (χ1n) is 7.53. The zero-order valence-corrected chi connectivity index (χ0v) is 14.2. The lowest BCUT2D eigenvalue weighted by Crippen LogP contribution is -2.45. The summed E-state index contributed by atoms with van der Waals surface area (Å²) >= 11 is 5.86. The van der Waals surface area contributed by atoms with E-state index in [0.717, 1.165) is 11.0 Å². The molecule has 1 heterocycles. The molecule has 1 atom stereocenters. The van der Waals surface area contributed by atoms with E-state index in [2.05, 4.69) is 5.32 Å². The lowest BCUT2D eigenvalue weighted by molar-refractivity contribution is -0.385. The molecule has 1 aliphatic rings. The smallest absolute Gasteiger partial charge is 0.282 e. The molecule has 0 aromatic heterocycles. The first-order valence-corrected chi connectivity index (χ1v) is 7.90. The number of nitro groups is 1. The van der Waals surface area contributed by atoms with Crippen molar-refractivity contribution in [1.29, 1.82) is 0 Å². The molecular formula is C17H12ClN3O5. The van der Waals surface area contributed by atoms with E-state index in [-0.39, 0.29) is 11.1 Å². The molecule has 3 rings (SSSR count). The van der Waals surface area contributed by atoms with E-state index in [1.807, 2.05) is 0 Å². The summed E-state index contributed by atoms with van der Waals surface area (Å²) in [4.78, 5) is 48.7. The van der Waals surface area contributed by atoms with Gasteiger partial charge in [-0.25, -0.2) is 0 Å². The zero-order valence-electron chi connectivity index (χ0n) is 13.4. The maximum Gasteiger partial charge on any atom is 0.282 e. The maximum absolute atomic E-state index is 12.6. The number of anilines is 1. The highest BCUT2D eigenvalue weighted by atomic mass is 35.5. The summed E-state index contributed by atoms with van der Waals surface area (Å²) in [7, 11) is 0. The fourth-order valence-electron chi connectivity index (χ4n) is 2.72. The molecule has 3 amide bonds. The number of benzene rings is 2. The van der Waals surface area contributed by atoms with Gasteiger partial charge in [0.25, 0.3) is 17.5 Å². The minimum atomic E-state index is -1.17. The van der Waals surface area contributed by atoms with Crippen LogP contribution in [0.25, 0.3) is 0 Å². The predicted molar refractivity (Wildman–Crippen MR) is 93.1 cm³/mol. The summed E-state index contributed by atoms with van der Waals surface area (Å²) < 4.78 is 0. The second-order valence-corrected chi connectivity index (χ2v) is 6.05. The summed E-state index contributed by atoms with van der Waals surface area (Å²) in [5.74, 6) is -2.24. The van der Waals surface area contributed by atoms with Crippen LogP contribution in [-0.2, 0) is 4.79 Å². The number of carbonyl (C=O) groups is 3. The van der Waals surface area contributed by atoms with Crippen LogP contribution < -0.4 is 5.32 Å². The van der Waals surface area contributed by atoms with Gasteiger partial charge in [0.15, 0.2) is 0 Å². The van der Waals surface area contributed by atoms with E-state index in [4.69, 9.17) is 11.6 Å². The van der Waals surface area contributed by atoms with Gasteiger partial charge >= 0.3 is 0 Å². The molecule has 8 nitrogen and oxygen atoms in total. The van der Waals surface area contributed by atoms with Crippen LogP contribution in [0.4, 0.5) is 11.4 Å². The Balaban J connectivity index is 1.89. The molecule has 0 fully saturated rings. The lowest BCUT2D eigenvalue weighted by atomic mass is 10.1. The molecule has 1 aliphatic heterocycles. The third kappa shape index (κ3) is 2.91. The second-order valence-electron chi connectivity index (χ2n) is 5.61. The highest BCUT2D eigenvalue weighted by Crippen LogP contribution is 2.32. The summed E-state index contributed by atoms with van der Waals surface area (Å²) in [6, 6.07) is 9.00. The second kappa shape index (κ2) is 6.57.